The van der Waals surface area contributed by atoms with Crippen molar-refractivity contribution in [1.82, 2.24) is 5.32 Å². The molecule has 5 N–H and O–H groups in total. The maximum absolute atomic E-state index is 13.1. The molecule has 1 aromatic rings. The topological polar surface area (TPSA) is 158 Å². The summed E-state index contributed by atoms with van der Waals surface area (Å²) in [7, 11) is 2.91. The van der Waals surface area contributed by atoms with Crippen LogP contribution in [0.4, 0.5) is 15.3 Å². The van der Waals surface area contributed by atoms with Crippen LogP contribution in [-0.4, -0.2) is 61.5 Å². The van der Waals surface area contributed by atoms with E-state index < -0.39 is 48.0 Å². The van der Waals surface area contributed by atoms with Crippen LogP contribution in [0.1, 0.15) is 39.2 Å². The second kappa shape index (κ2) is 13.2. The molecule has 1 aromatic carbocycles. The van der Waals surface area contributed by atoms with Gasteiger partial charge in [-0.15, -0.1) is 0 Å². The van der Waals surface area contributed by atoms with E-state index in [2.05, 4.69) is 10.6 Å². The Balaban J connectivity index is 2.09. The molecule has 2 aliphatic rings. The van der Waals surface area contributed by atoms with E-state index in [1.807, 2.05) is 13.0 Å². The Labute approximate surface area is 238 Å². The number of amides is 3. The number of primary amides is 1. The first-order valence-electron chi connectivity index (χ1n) is 12.7. The molecule has 11 nitrogen and oxygen atoms in total. The van der Waals surface area contributed by atoms with Gasteiger partial charge in [0.05, 0.1) is 19.2 Å². The molecular weight excluding hydrogens is 542 g/mol. The molecule has 2 heterocycles. The van der Waals surface area contributed by atoms with Crippen LogP contribution in [-0.2, 0) is 25.4 Å². The van der Waals surface area contributed by atoms with Gasteiger partial charge in [-0.3, -0.25) is 10.1 Å². The fourth-order valence-corrected chi connectivity index (χ4v) is 5.02. The molecule has 0 spiro atoms. The van der Waals surface area contributed by atoms with Crippen molar-refractivity contribution in [3.8, 4) is 5.75 Å². The Morgan fingerprint density at radius 2 is 1.98 bits per heavy atom. The fourth-order valence-electron chi connectivity index (χ4n) is 4.79. The van der Waals surface area contributed by atoms with E-state index in [-0.39, 0.29) is 17.9 Å². The van der Waals surface area contributed by atoms with Gasteiger partial charge < -0.3 is 35.1 Å². The summed E-state index contributed by atoms with van der Waals surface area (Å²) in [6.45, 7) is 5.36. The van der Waals surface area contributed by atoms with Crippen molar-refractivity contribution in [3.63, 3.8) is 0 Å². The summed E-state index contributed by atoms with van der Waals surface area (Å²) in [5, 5.41) is 16.9. The van der Waals surface area contributed by atoms with Crippen molar-refractivity contribution < 1.29 is 38.4 Å². The molecule has 40 heavy (non-hydrogen) atoms. The van der Waals surface area contributed by atoms with Crippen LogP contribution in [0.15, 0.2) is 47.6 Å². The second-order valence-electron chi connectivity index (χ2n) is 10.0. The number of aliphatic hydroxyl groups is 1. The third-order valence-corrected chi connectivity index (χ3v) is 7.20. The van der Waals surface area contributed by atoms with Crippen LogP contribution in [0.3, 0.4) is 0 Å². The van der Waals surface area contributed by atoms with Crippen molar-refractivity contribution in [2.75, 3.05) is 19.5 Å². The number of benzene rings is 1. The summed E-state index contributed by atoms with van der Waals surface area (Å²) in [6.07, 6.45) is 2.66. The highest BCUT2D eigenvalue weighted by Crippen LogP contribution is 2.35. The third-order valence-electron chi connectivity index (χ3n) is 6.81. The minimum absolute atomic E-state index is 0.00118. The van der Waals surface area contributed by atoms with Gasteiger partial charge in [0.2, 0.25) is 5.91 Å². The predicted molar refractivity (Wildman–Crippen MR) is 149 cm³/mol. The van der Waals surface area contributed by atoms with Crippen molar-refractivity contribution in [1.29, 1.82) is 0 Å². The maximum Gasteiger partial charge on any atom is 0.409 e. The van der Waals surface area contributed by atoms with Crippen molar-refractivity contribution in [2.24, 2.45) is 11.7 Å². The highest BCUT2D eigenvalue weighted by Gasteiger charge is 2.46. The predicted octanol–water partition coefficient (Wildman–Crippen LogP) is 3.98. The number of anilines is 1. The Hall–Kier alpha value is -3.54. The van der Waals surface area contributed by atoms with Gasteiger partial charge in [0, 0.05) is 19.4 Å². The summed E-state index contributed by atoms with van der Waals surface area (Å²) in [4.78, 5) is 37.2. The number of hydrogen-bond acceptors (Lipinski definition) is 8. The lowest BCUT2D eigenvalue weighted by molar-refractivity contribution is -0.138. The van der Waals surface area contributed by atoms with E-state index >= 15 is 0 Å². The largest absolute Gasteiger partial charge is 0.495 e. The third kappa shape index (κ3) is 7.77. The van der Waals surface area contributed by atoms with Crippen LogP contribution < -0.4 is 21.1 Å². The minimum atomic E-state index is -1.76. The monoisotopic (exact) mass is 577 g/mol. The zero-order chi connectivity index (χ0) is 29.6. The zero-order valence-corrected chi connectivity index (χ0v) is 23.9. The van der Waals surface area contributed by atoms with Gasteiger partial charge in [-0.05, 0) is 43.5 Å². The van der Waals surface area contributed by atoms with Crippen LogP contribution in [0.5, 0.6) is 5.75 Å². The highest BCUT2D eigenvalue weighted by molar-refractivity contribution is 6.35. The minimum Gasteiger partial charge on any atom is -0.495 e. The van der Waals surface area contributed by atoms with Gasteiger partial charge in [-0.2, -0.15) is 0 Å². The van der Waals surface area contributed by atoms with Gasteiger partial charge >= 0.3 is 12.2 Å². The lowest BCUT2D eigenvalue weighted by Crippen LogP contribution is -2.63. The first-order chi connectivity index (χ1) is 18.8. The quantitative estimate of drug-likeness (QED) is 0.393. The Morgan fingerprint density at radius 3 is 2.62 bits per heavy atom. The molecule has 1 saturated heterocycles. The van der Waals surface area contributed by atoms with Crippen LogP contribution in [0.25, 0.3) is 0 Å². The first kappa shape index (κ1) is 31.0. The molecule has 1 fully saturated rings. The Kier molecular flexibility index (Phi) is 10.2. The fraction of sp³-hybridized carbons (Fsp3) is 0.464. The number of nitrogens with two attached hydrogens (primary N) is 1. The number of methoxy groups -OCH3 is 2. The number of rotatable bonds is 3. The molecule has 0 aromatic heterocycles. The Bertz CT molecular complexity index is 1230. The average Bonchev–Trinajstić information content (AvgIpc) is 2.86. The van der Waals surface area contributed by atoms with Gasteiger partial charge in [0.1, 0.15) is 29.1 Å². The zero-order valence-electron chi connectivity index (χ0n) is 23.2. The van der Waals surface area contributed by atoms with Crippen molar-refractivity contribution in [2.45, 2.75) is 64.1 Å². The normalized spacial score (nSPS) is 27.9. The molecule has 12 heteroatoms. The molecule has 3 amide bonds. The van der Waals surface area contributed by atoms with E-state index in [0.29, 0.717) is 23.4 Å². The summed E-state index contributed by atoms with van der Waals surface area (Å²) in [5.74, 6) is -0.546. The molecule has 5 atom stereocenters. The number of carbonyl (C=O) groups excluding carboxylic acids is 3. The molecule has 4 bridgehead atoms. The smallest absolute Gasteiger partial charge is 0.409 e. The van der Waals surface area contributed by atoms with Crippen LogP contribution >= 0.6 is 11.6 Å². The van der Waals surface area contributed by atoms with Gasteiger partial charge in [-0.25, -0.2) is 9.59 Å². The SMILES string of the molecule is COc1cc2cc(c1Cl)NC(=O)C[C@H](OC(N)=O)C(C)=CC(C)[C@@H]1C[C@@](O)(NC(=O)O1)[C@H](OC)C=CC=C(C)C2. The van der Waals surface area contributed by atoms with E-state index in [0.717, 1.165) is 11.1 Å². The van der Waals surface area contributed by atoms with E-state index in [9.17, 15) is 19.5 Å². The molecular formula is C28H36ClN3O8. The summed E-state index contributed by atoms with van der Waals surface area (Å²) in [5.41, 5.74) is 6.12. The number of fused-ring (bicyclic) bond motifs is 4. The van der Waals surface area contributed by atoms with Gasteiger partial charge in [-0.1, -0.05) is 48.4 Å². The lowest BCUT2D eigenvalue weighted by Gasteiger charge is -2.41. The molecule has 218 valence electrons. The number of hydrogen-bond donors (Lipinski definition) is 4. The highest BCUT2D eigenvalue weighted by atomic mass is 35.5. The lowest BCUT2D eigenvalue weighted by atomic mass is 9.89. The molecule has 3 rings (SSSR count). The molecule has 0 saturated carbocycles. The summed E-state index contributed by atoms with van der Waals surface area (Å²) in [6, 6.07) is 3.51. The Morgan fingerprint density at radius 1 is 1.25 bits per heavy atom. The van der Waals surface area contributed by atoms with E-state index in [1.54, 1.807) is 44.2 Å². The molecule has 0 radical (unpaired) electrons. The summed E-state index contributed by atoms with van der Waals surface area (Å²) >= 11 is 6.48. The number of ether oxygens (including phenoxy) is 4. The van der Waals surface area contributed by atoms with E-state index in [1.165, 1.54) is 14.2 Å². The second-order valence-corrected chi connectivity index (χ2v) is 10.4. The average molecular weight is 578 g/mol. The van der Waals surface area contributed by atoms with E-state index in [4.69, 9.17) is 36.3 Å². The number of nitrogens with one attached hydrogen (secondary N) is 2. The standard InChI is InChI=1S/C28H36ClN3O8/c1-15-7-6-8-23(38-5)28(36)14-22(40-27(35)32-28)17(3)10-16(2)20(39-26(30)34)13-24(33)31-19-11-18(9-15)12-21(37-4)25(19)29/h6-8,10-12,17,20,22-23,36H,9,13-14H2,1-5H3,(H2,30,34)(H,31,33)(H,32,35)/t17?,20-,22-,23+,28-/m0/s1. The molecule has 2 aliphatic heterocycles. The van der Waals surface area contributed by atoms with Gasteiger partial charge in [0.15, 0.2) is 5.72 Å². The van der Waals surface area contributed by atoms with Crippen LogP contribution in [0, 0.1) is 5.92 Å². The van der Waals surface area contributed by atoms with Crippen LogP contribution in [0.2, 0.25) is 5.02 Å². The number of halogens is 1. The molecule has 1 unspecified atom stereocenters. The number of alkyl carbamates (subject to hydrolysis) is 1. The number of carbonyl (C=O) groups is 3. The maximum atomic E-state index is 13.1. The summed E-state index contributed by atoms with van der Waals surface area (Å²) < 4.78 is 21.7. The van der Waals surface area contributed by atoms with Crippen molar-refractivity contribution in [3.05, 3.63) is 58.2 Å². The van der Waals surface area contributed by atoms with Crippen molar-refractivity contribution >= 4 is 35.4 Å². The molecule has 0 aliphatic carbocycles. The number of allylic oxidation sites excluding steroid dienone is 3. The first-order valence-corrected chi connectivity index (χ1v) is 13.1. The van der Waals surface area contributed by atoms with Gasteiger partial charge in [0.25, 0.3) is 0 Å².